The van der Waals surface area contributed by atoms with Gasteiger partial charge in [0.05, 0.1) is 19.8 Å². The van der Waals surface area contributed by atoms with Crippen molar-refractivity contribution in [3.8, 4) is 0 Å². The first-order valence-corrected chi connectivity index (χ1v) is 7.76. The van der Waals surface area contributed by atoms with Crippen LogP contribution >= 0.6 is 0 Å². The van der Waals surface area contributed by atoms with E-state index in [-0.39, 0.29) is 19.1 Å². The third-order valence-electron chi connectivity index (χ3n) is 3.56. The van der Waals surface area contributed by atoms with Crippen LogP contribution in [0.1, 0.15) is 25.8 Å². The first-order chi connectivity index (χ1) is 11.4. The molecule has 1 saturated heterocycles. The highest BCUT2D eigenvalue weighted by atomic mass is 16.7. The number of rotatable bonds is 6. The van der Waals surface area contributed by atoms with Gasteiger partial charge in [-0.25, -0.2) is 9.59 Å². The standard InChI is InChI=1S/C17H23NO6/c1-17(2)23-11-13(24-17)9-14(15(19)21-3)18-16(20)22-10-12-7-5-4-6-8-12/h4-8,13-14H,9-11H2,1-3H3,(H,18,20)/t13-,14+/m0/s1. The number of hydrogen-bond acceptors (Lipinski definition) is 6. The van der Waals surface area contributed by atoms with Crippen LogP contribution in [0, 0.1) is 0 Å². The van der Waals surface area contributed by atoms with Crippen LogP contribution in [-0.2, 0) is 30.3 Å². The normalized spacial score (nSPS) is 20.2. The van der Waals surface area contributed by atoms with E-state index in [1.807, 2.05) is 30.3 Å². The lowest BCUT2D eigenvalue weighted by Gasteiger charge is -2.21. The maximum absolute atomic E-state index is 11.9. The molecule has 0 bridgehead atoms. The van der Waals surface area contributed by atoms with Gasteiger partial charge in [0.1, 0.15) is 12.6 Å². The van der Waals surface area contributed by atoms with E-state index >= 15 is 0 Å². The zero-order chi connectivity index (χ0) is 17.6. The third kappa shape index (κ3) is 5.50. The molecule has 1 aromatic rings. The molecule has 1 aliphatic heterocycles. The minimum absolute atomic E-state index is 0.122. The molecule has 1 fully saturated rings. The van der Waals surface area contributed by atoms with Crippen molar-refractivity contribution in [1.82, 2.24) is 5.32 Å². The average molecular weight is 337 g/mol. The SMILES string of the molecule is COC(=O)[C@@H](C[C@H]1COC(C)(C)O1)NC(=O)OCc1ccccc1. The second-order valence-electron chi connectivity index (χ2n) is 5.97. The number of esters is 1. The molecular weight excluding hydrogens is 314 g/mol. The van der Waals surface area contributed by atoms with E-state index in [1.165, 1.54) is 7.11 Å². The molecule has 0 spiro atoms. The van der Waals surface area contributed by atoms with Crippen molar-refractivity contribution in [2.24, 2.45) is 0 Å². The molecular formula is C17H23NO6. The summed E-state index contributed by atoms with van der Waals surface area (Å²) in [6, 6.07) is 8.41. The number of ether oxygens (including phenoxy) is 4. The van der Waals surface area contributed by atoms with Gasteiger partial charge >= 0.3 is 12.1 Å². The van der Waals surface area contributed by atoms with Crippen LogP contribution < -0.4 is 5.32 Å². The summed E-state index contributed by atoms with van der Waals surface area (Å²) in [4.78, 5) is 23.8. The fraction of sp³-hybridized carbons (Fsp3) is 0.529. The Hall–Kier alpha value is -2.12. The lowest BCUT2D eigenvalue weighted by atomic mass is 10.1. The summed E-state index contributed by atoms with van der Waals surface area (Å²) in [5.74, 6) is -1.25. The van der Waals surface area contributed by atoms with Gasteiger partial charge in [-0.15, -0.1) is 0 Å². The van der Waals surface area contributed by atoms with E-state index in [2.05, 4.69) is 5.32 Å². The summed E-state index contributed by atoms with van der Waals surface area (Å²) in [5, 5.41) is 2.52. The topological polar surface area (TPSA) is 83.1 Å². The Kier molecular flexibility index (Phi) is 6.16. The summed E-state index contributed by atoms with van der Waals surface area (Å²) in [5.41, 5.74) is 0.858. The van der Waals surface area contributed by atoms with Gasteiger partial charge in [-0.3, -0.25) is 0 Å². The zero-order valence-electron chi connectivity index (χ0n) is 14.1. The van der Waals surface area contributed by atoms with E-state index in [9.17, 15) is 9.59 Å². The Morgan fingerprint density at radius 3 is 2.62 bits per heavy atom. The van der Waals surface area contributed by atoms with Gasteiger partial charge in [-0.2, -0.15) is 0 Å². The van der Waals surface area contributed by atoms with Crippen molar-refractivity contribution < 1.29 is 28.5 Å². The number of alkyl carbamates (subject to hydrolysis) is 1. The molecule has 1 N–H and O–H groups in total. The average Bonchev–Trinajstić information content (AvgIpc) is 2.91. The van der Waals surface area contributed by atoms with Gasteiger partial charge in [-0.1, -0.05) is 30.3 Å². The predicted octanol–water partition coefficient (Wildman–Crippen LogP) is 2.00. The van der Waals surface area contributed by atoms with Crippen LogP contribution in [0.25, 0.3) is 0 Å². The number of benzene rings is 1. The number of amides is 1. The second kappa shape index (κ2) is 8.12. The highest BCUT2D eigenvalue weighted by molar-refractivity contribution is 5.81. The van der Waals surface area contributed by atoms with Crippen LogP contribution in [-0.4, -0.2) is 43.7 Å². The lowest BCUT2D eigenvalue weighted by Crippen LogP contribution is -2.44. The summed E-state index contributed by atoms with van der Waals surface area (Å²) < 4.78 is 21.0. The number of carbonyl (C=O) groups excluding carboxylic acids is 2. The molecule has 1 aliphatic rings. The summed E-state index contributed by atoms with van der Waals surface area (Å²) in [6.45, 7) is 4.06. The van der Waals surface area contributed by atoms with Crippen molar-refractivity contribution in [3.63, 3.8) is 0 Å². The first kappa shape index (κ1) is 18.2. The molecule has 1 aromatic carbocycles. The molecule has 0 unspecified atom stereocenters. The molecule has 24 heavy (non-hydrogen) atoms. The highest BCUT2D eigenvalue weighted by Crippen LogP contribution is 2.25. The molecule has 132 valence electrons. The molecule has 7 heteroatoms. The number of carbonyl (C=O) groups is 2. The molecule has 0 saturated carbocycles. The minimum atomic E-state index is -0.860. The van der Waals surface area contributed by atoms with Gasteiger partial charge in [0.2, 0.25) is 0 Å². The number of nitrogens with one attached hydrogen (secondary N) is 1. The molecule has 1 amide bonds. The number of hydrogen-bond donors (Lipinski definition) is 1. The third-order valence-corrected chi connectivity index (χ3v) is 3.56. The number of methoxy groups -OCH3 is 1. The minimum Gasteiger partial charge on any atom is -0.467 e. The Morgan fingerprint density at radius 1 is 1.33 bits per heavy atom. The summed E-state index contributed by atoms with van der Waals surface area (Å²) in [6.07, 6.45) is -0.748. The van der Waals surface area contributed by atoms with Gasteiger partial charge in [-0.05, 0) is 19.4 Å². The fourth-order valence-electron chi connectivity index (χ4n) is 2.41. The second-order valence-corrected chi connectivity index (χ2v) is 5.97. The highest BCUT2D eigenvalue weighted by Gasteiger charge is 2.36. The smallest absolute Gasteiger partial charge is 0.408 e. The Morgan fingerprint density at radius 2 is 2.04 bits per heavy atom. The lowest BCUT2D eigenvalue weighted by molar-refractivity contribution is -0.149. The van der Waals surface area contributed by atoms with E-state index in [1.54, 1.807) is 13.8 Å². The predicted molar refractivity (Wildman–Crippen MR) is 85.1 cm³/mol. The largest absolute Gasteiger partial charge is 0.467 e. The monoisotopic (exact) mass is 337 g/mol. The van der Waals surface area contributed by atoms with Crippen LogP contribution in [0.15, 0.2) is 30.3 Å². The van der Waals surface area contributed by atoms with E-state index in [0.29, 0.717) is 6.61 Å². The molecule has 7 nitrogen and oxygen atoms in total. The zero-order valence-corrected chi connectivity index (χ0v) is 14.1. The van der Waals surface area contributed by atoms with Gasteiger partial charge in [0, 0.05) is 6.42 Å². The van der Waals surface area contributed by atoms with Crippen molar-refractivity contribution in [3.05, 3.63) is 35.9 Å². The maximum Gasteiger partial charge on any atom is 0.408 e. The first-order valence-electron chi connectivity index (χ1n) is 7.76. The molecule has 0 radical (unpaired) electrons. The van der Waals surface area contributed by atoms with E-state index < -0.39 is 23.9 Å². The fourth-order valence-corrected chi connectivity index (χ4v) is 2.41. The van der Waals surface area contributed by atoms with Crippen LogP contribution in [0.3, 0.4) is 0 Å². The Bertz CT molecular complexity index is 559. The van der Waals surface area contributed by atoms with Gasteiger partial charge < -0.3 is 24.3 Å². The molecule has 2 atom stereocenters. The van der Waals surface area contributed by atoms with Crippen molar-refractivity contribution in [2.45, 2.75) is 44.8 Å². The van der Waals surface area contributed by atoms with Crippen molar-refractivity contribution in [1.29, 1.82) is 0 Å². The molecule has 0 aromatic heterocycles. The summed E-state index contributed by atoms with van der Waals surface area (Å²) >= 11 is 0. The molecule has 2 rings (SSSR count). The quantitative estimate of drug-likeness (QED) is 0.800. The van der Waals surface area contributed by atoms with Gasteiger partial charge in [0.25, 0.3) is 0 Å². The maximum atomic E-state index is 11.9. The molecule has 1 heterocycles. The Balaban J connectivity index is 1.86. The van der Waals surface area contributed by atoms with Crippen molar-refractivity contribution in [2.75, 3.05) is 13.7 Å². The van der Waals surface area contributed by atoms with Gasteiger partial charge in [0.15, 0.2) is 5.79 Å². The van der Waals surface area contributed by atoms with Crippen LogP contribution in [0.4, 0.5) is 4.79 Å². The Labute approximate surface area is 141 Å². The molecule has 0 aliphatic carbocycles. The van der Waals surface area contributed by atoms with E-state index in [4.69, 9.17) is 18.9 Å². The van der Waals surface area contributed by atoms with Crippen LogP contribution in [0.5, 0.6) is 0 Å². The van der Waals surface area contributed by atoms with Crippen molar-refractivity contribution >= 4 is 12.1 Å². The van der Waals surface area contributed by atoms with E-state index in [0.717, 1.165) is 5.56 Å². The summed E-state index contributed by atoms with van der Waals surface area (Å²) in [7, 11) is 1.27. The van der Waals surface area contributed by atoms with Crippen LogP contribution in [0.2, 0.25) is 0 Å².